The molecule has 1 unspecified atom stereocenters. The van der Waals surface area contributed by atoms with Crippen molar-refractivity contribution in [3.63, 3.8) is 0 Å². The summed E-state index contributed by atoms with van der Waals surface area (Å²) in [7, 11) is 0. The van der Waals surface area contributed by atoms with Gasteiger partial charge in [-0.2, -0.15) is 0 Å². The van der Waals surface area contributed by atoms with Crippen LogP contribution in [0.4, 0.5) is 14.9 Å². The van der Waals surface area contributed by atoms with E-state index in [9.17, 15) is 19.3 Å². The molecule has 0 spiro atoms. The molecule has 0 aliphatic carbocycles. The van der Waals surface area contributed by atoms with Gasteiger partial charge >= 0.3 is 6.09 Å². The van der Waals surface area contributed by atoms with E-state index in [0.29, 0.717) is 0 Å². The number of nitrogens with two attached hydrogens (primary N) is 1. The van der Waals surface area contributed by atoms with Gasteiger partial charge in [-0.1, -0.05) is 0 Å². The van der Waals surface area contributed by atoms with Crippen molar-refractivity contribution in [2.24, 2.45) is 5.73 Å². The highest BCUT2D eigenvalue weighted by atomic mass is 19.1. The third-order valence-corrected chi connectivity index (χ3v) is 2.63. The fraction of sp³-hybridized carbons (Fsp3) is 0.500. The molecule has 3 N–H and O–H groups in total. The third kappa shape index (κ3) is 6.04. The number of hydrogen-bond donors (Lipinski definition) is 2. The lowest BCUT2D eigenvalue weighted by Crippen LogP contribution is -2.41. The van der Waals surface area contributed by atoms with Crippen LogP contribution in [0.1, 0.15) is 26.3 Å². The molecule has 7 nitrogen and oxygen atoms in total. The van der Waals surface area contributed by atoms with Crippen LogP contribution in [0.3, 0.4) is 0 Å². The van der Waals surface area contributed by atoms with Crippen LogP contribution in [0.5, 0.6) is 0 Å². The largest absolute Gasteiger partial charge is 0.444 e. The normalized spacial score (nSPS) is 12.6. The van der Waals surface area contributed by atoms with Crippen LogP contribution in [-0.4, -0.2) is 29.2 Å². The predicted molar refractivity (Wildman–Crippen MR) is 79.0 cm³/mol. The molecule has 1 amide bonds. The predicted octanol–water partition coefficient (Wildman–Crippen LogP) is 2.13. The zero-order valence-electron chi connectivity index (χ0n) is 12.8. The summed E-state index contributed by atoms with van der Waals surface area (Å²) in [6, 6.07) is 2.59. The SMILES string of the molecule is CC(C)(C)OC(=O)NCC(N)Cc1cc(F)ccc1[N+](=O)[O-]. The lowest BCUT2D eigenvalue weighted by molar-refractivity contribution is -0.385. The third-order valence-electron chi connectivity index (χ3n) is 2.63. The standard InChI is InChI=1S/C14H20FN3O4/c1-14(2,3)22-13(19)17-8-11(16)7-9-6-10(15)4-5-12(9)18(20)21/h4-6,11H,7-8,16H2,1-3H3,(H,17,19). The van der Waals surface area contributed by atoms with E-state index in [1.54, 1.807) is 20.8 Å². The zero-order valence-corrected chi connectivity index (χ0v) is 12.8. The fourth-order valence-electron chi connectivity index (χ4n) is 1.78. The van der Waals surface area contributed by atoms with Gasteiger partial charge in [0.1, 0.15) is 11.4 Å². The number of rotatable bonds is 5. The summed E-state index contributed by atoms with van der Waals surface area (Å²) >= 11 is 0. The number of carbonyl (C=O) groups excluding carboxylic acids is 1. The zero-order chi connectivity index (χ0) is 16.9. The van der Waals surface area contributed by atoms with Crippen LogP contribution >= 0.6 is 0 Å². The first-order valence-corrected chi connectivity index (χ1v) is 6.74. The highest BCUT2D eigenvalue weighted by molar-refractivity contribution is 5.67. The Morgan fingerprint density at radius 3 is 2.68 bits per heavy atom. The van der Waals surface area contributed by atoms with Gasteiger partial charge in [0.25, 0.3) is 5.69 Å². The Kier molecular flexibility index (Phi) is 5.81. The molecule has 0 heterocycles. The quantitative estimate of drug-likeness (QED) is 0.639. The van der Waals surface area contributed by atoms with Gasteiger partial charge in [0.15, 0.2) is 0 Å². The Morgan fingerprint density at radius 2 is 2.14 bits per heavy atom. The van der Waals surface area contributed by atoms with Crippen molar-refractivity contribution in [1.29, 1.82) is 0 Å². The Labute approximate surface area is 127 Å². The maximum Gasteiger partial charge on any atom is 0.407 e. The maximum atomic E-state index is 13.2. The van der Waals surface area contributed by atoms with E-state index in [-0.39, 0.29) is 24.2 Å². The van der Waals surface area contributed by atoms with Crippen LogP contribution in [0, 0.1) is 15.9 Å². The molecule has 0 aliphatic rings. The van der Waals surface area contributed by atoms with Gasteiger partial charge in [0, 0.05) is 24.2 Å². The number of nitro benzene ring substituents is 1. The van der Waals surface area contributed by atoms with Crippen molar-refractivity contribution in [2.45, 2.75) is 38.8 Å². The molecule has 0 saturated carbocycles. The van der Waals surface area contributed by atoms with E-state index < -0.39 is 28.5 Å². The lowest BCUT2D eigenvalue weighted by Gasteiger charge is -2.20. The van der Waals surface area contributed by atoms with Gasteiger partial charge in [0.2, 0.25) is 0 Å². The first-order valence-electron chi connectivity index (χ1n) is 6.74. The van der Waals surface area contributed by atoms with E-state index in [2.05, 4.69) is 5.32 Å². The minimum atomic E-state index is -0.629. The number of carbonyl (C=O) groups is 1. The number of nitro groups is 1. The fourth-order valence-corrected chi connectivity index (χ4v) is 1.78. The van der Waals surface area contributed by atoms with Crippen LogP contribution in [0.25, 0.3) is 0 Å². The molecule has 22 heavy (non-hydrogen) atoms. The topological polar surface area (TPSA) is 107 Å². The summed E-state index contributed by atoms with van der Waals surface area (Å²) in [5.41, 5.74) is 5.18. The van der Waals surface area contributed by atoms with Crippen LogP contribution in [0.15, 0.2) is 18.2 Å². The van der Waals surface area contributed by atoms with Gasteiger partial charge < -0.3 is 15.8 Å². The molecule has 8 heteroatoms. The van der Waals surface area contributed by atoms with E-state index in [1.165, 1.54) is 0 Å². The first-order chi connectivity index (χ1) is 10.1. The van der Waals surface area contributed by atoms with E-state index in [4.69, 9.17) is 10.5 Å². The van der Waals surface area contributed by atoms with E-state index in [0.717, 1.165) is 18.2 Å². The molecule has 1 atom stereocenters. The molecule has 1 aromatic rings. The number of nitrogens with one attached hydrogen (secondary N) is 1. The first kappa shape index (κ1) is 17.8. The molecule has 0 fully saturated rings. The average Bonchev–Trinajstić information content (AvgIpc) is 2.34. The molecule has 0 aromatic heterocycles. The Balaban J connectivity index is 2.62. The average molecular weight is 313 g/mol. The van der Waals surface area contributed by atoms with Crippen molar-refractivity contribution in [2.75, 3.05) is 6.54 Å². The summed E-state index contributed by atoms with van der Waals surface area (Å²) in [6.45, 7) is 5.23. The van der Waals surface area contributed by atoms with Crippen molar-refractivity contribution in [1.82, 2.24) is 5.32 Å². The lowest BCUT2D eigenvalue weighted by atomic mass is 10.0. The number of amides is 1. The van der Waals surface area contributed by atoms with Crippen LogP contribution in [-0.2, 0) is 11.2 Å². The molecule has 0 saturated heterocycles. The van der Waals surface area contributed by atoms with Crippen LogP contribution in [0.2, 0.25) is 0 Å². The molecule has 0 aliphatic heterocycles. The number of benzene rings is 1. The van der Waals surface area contributed by atoms with Gasteiger partial charge in [-0.25, -0.2) is 9.18 Å². The number of nitrogens with zero attached hydrogens (tertiary/aromatic N) is 1. The van der Waals surface area contributed by atoms with Gasteiger partial charge in [-0.05, 0) is 39.3 Å². The van der Waals surface area contributed by atoms with Gasteiger partial charge in [-0.3, -0.25) is 10.1 Å². The van der Waals surface area contributed by atoms with E-state index >= 15 is 0 Å². The molecule has 0 bridgehead atoms. The van der Waals surface area contributed by atoms with Gasteiger partial charge in [-0.15, -0.1) is 0 Å². The Bertz CT molecular complexity index is 558. The van der Waals surface area contributed by atoms with Crippen molar-refractivity contribution in [3.8, 4) is 0 Å². The Morgan fingerprint density at radius 1 is 1.50 bits per heavy atom. The summed E-state index contributed by atoms with van der Waals surface area (Å²) < 4.78 is 18.3. The second-order valence-electron chi connectivity index (χ2n) is 5.88. The molecular formula is C14H20FN3O4. The van der Waals surface area contributed by atoms with Crippen molar-refractivity contribution >= 4 is 11.8 Å². The summed E-state index contributed by atoms with van der Waals surface area (Å²) in [6.07, 6.45) is -0.569. The number of halogens is 1. The molecule has 0 radical (unpaired) electrons. The summed E-state index contributed by atoms with van der Waals surface area (Å²) in [5, 5.41) is 13.4. The van der Waals surface area contributed by atoms with Gasteiger partial charge in [0.05, 0.1) is 4.92 Å². The summed E-state index contributed by atoms with van der Waals surface area (Å²) in [5.74, 6) is -0.576. The van der Waals surface area contributed by atoms with Crippen molar-refractivity contribution < 1.29 is 18.8 Å². The molecule has 122 valence electrons. The van der Waals surface area contributed by atoms with Crippen molar-refractivity contribution in [3.05, 3.63) is 39.7 Å². The number of alkyl carbamates (subject to hydrolysis) is 1. The second-order valence-corrected chi connectivity index (χ2v) is 5.88. The minimum Gasteiger partial charge on any atom is -0.444 e. The van der Waals surface area contributed by atoms with Crippen LogP contribution < -0.4 is 11.1 Å². The summed E-state index contributed by atoms with van der Waals surface area (Å²) in [4.78, 5) is 21.8. The minimum absolute atomic E-state index is 0.0581. The number of hydrogen-bond acceptors (Lipinski definition) is 5. The second kappa shape index (κ2) is 7.17. The molecule has 1 rings (SSSR count). The highest BCUT2D eigenvalue weighted by Gasteiger charge is 2.19. The van der Waals surface area contributed by atoms with E-state index in [1.807, 2.05) is 0 Å². The maximum absolute atomic E-state index is 13.2. The smallest absolute Gasteiger partial charge is 0.407 e. The highest BCUT2D eigenvalue weighted by Crippen LogP contribution is 2.20. The Hall–Kier alpha value is -2.22. The monoisotopic (exact) mass is 313 g/mol. The molecular weight excluding hydrogens is 293 g/mol. The molecule has 1 aromatic carbocycles. The number of ether oxygens (including phenoxy) is 1.